The molecule has 1 atom stereocenters. The maximum atomic E-state index is 12.8. The second-order valence-corrected chi connectivity index (χ2v) is 18.2. The van der Waals surface area contributed by atoms with Crippen LogP contribution in [0.15, 0.2) is 60.8 Å². The van der Waals surface area contributed by atoms with Gasteiger partial charge in [0, 0.05) is 19.3 Å². The lowest BCUT2D eigenvalue weighted by Gasteiger charge is -2.18. The molecule has 64 heavy (non-hydrogen) atoms. The maximum Gasteiger partial charge on any atom is 0.306 e. The van der Waals surface area contributed by atoms with Crippen LogP contribution in [0.1, 0.15) is 271 Å². The molecule has 0 amide bonds. The number of carbonyl (C=O) groups excluding carboxylic acids is 3. The van der Waals surface area contributed by atoms with E-state index in [1.807, 2.05) is 6.08 Å². The van der Waals surface area contributed by atoms with Gasteiger partial charge in [0.2, 0.25) is 0 Å². The predicted molar refractivity (Wildman–Crippen MR) is 275 cm³/mol. The van der Waals surface area contributed by atoms with Crippen LogP contribution in [0.4, 0.5) is 0 Å². The lowest BCUT2D eigenvalue weighted by Crippen LogP contribution is -2.30. The molecule has 0 spiro atoms. The second-order valence-electron chi connectivity index (χ2n) is 18.2. The van der Waals surface area contributed by atoms with Crippen LogP contribution in [0.25, 0.3) is 0 Å². The summed E-state index contributed by atoms with van der Waals surface area (Å²) >= 11 is 0. The van der Waals surface area contributed by atoms with Crippen LogP contribution in [0.5, 0.6) is 0 Å². The van der Waals surface area contributed by atoms with Crippen molar-refractivity contribution in [1.82, 2.24) is 0 Å². The Bertz CT molecular complexity index is 1170. The van der Waals surface area contributed by atoms with Crippen molar-refractivity contribution in [2.24, 2.45) is 0 Å². The number of esters is 3. The fourth-order valence-corrected chi connectivity index (χ4v) is 7.60. The summed E-state index contributed by atoms with van der Waals surface area (Å²) in [6.07, 6.45) is 65.0. The number of ether oxygens (including phenoxy) is 3. The third-order valence-electron chi connectivity index (χ3n) is 11.8. The highest BCUT2D eigenvalue weighted by atomic mass is 16.6. The first-order valence-electron chi connectivity index (χ1n) is 27.3. The van der Waals surface area contributed by atoms with E-state index in [4.69, 9.17) is 14.2 Å². The largest absolute Gasteiger partial charge is 0.462 e. The molecule has 1 unspecified atom stereocenters. The Balaban J connectivity index is 4.44. The SMILES string of the molecule is CCCCC/C=C/C=C/CCCCCCCCC(=O)OC(COC(=O)CC/C=C/C/C=C/CCCCCCCC)COC(=O)CCCCCCC/C=C/CCCCCCCCCCC. The van der Waals surface area contributed by atoms with Crippen molar-refractivity contribution < 1.29 is 28.6 Å². The average molecular weight is 895 g/mol. The third kappa shape index (κ3) is 50.1. The molecule has 6 heteroatoms. The standard InChI is InChI=1S/C58H102O6/c1-4-7-10-13-16-19-22-25-27-28-29-31-33-36-39-42-45-48-51-57(60)63-54-55(53-62-56(59)50-47-44-41-38-35-32-24-21-18-15-12-9-6-3)64-58(61)52-49-46-43-40-37-34-30-26-23-20-17-14-11-8-5-2/h17,20,23,26,29,31-32,35,41,44,55H,4-16,18-19,21-22,24-25,27-28,30,33-34,36-40,42-43,45-54H2,1-3H3/b20-17+,26-23+,31-29+,35-32+,44-41+. The summed E-state index contributed by atoms with van der Waals surface area (Å²) in [5.74, 6) is -0.984. The highest BCUT2D eigenvalue weighted by Crippen LogP contribution is 2.14. The van der Waals surface area contributed by atoms with E-state index in [1.165, 1.54) is 154 Å². The molecule has 0 radical (unpaired) electrons. The number of hydrogen-bond donors (Lipinski definition) is 0. The Morgan fingerprint density at radius 3 is 1.09 bits per heavy atom. The van der Waals surface area contributed by atoms with Gasteiger partial charge in [-0.2, -0.15) is 0 Å². The zero-order valence-electron chi connectivity index (χ0n) is 42.3. The topological polar surface area (TPSA) is 78.9 Å². The summed E-state index contributed by atoms with van der Waals surface area (Å²) in [7, 11) is 0. The molecule has 0 bridgehead atoms. The number of hydrogen-bond acceptors (Lipinski definition) is 6. The van der Waals surface area contributed by atoms with Gasteiger partial charge in [0.05, 0.1) is 0 Å². The second kappa shape index (κ2) is 52.7. The van der Waals surface area contributed by atoms with E-state index in [2.05, 4.69) is 75.5 Å². The Morgan fingerprint density at radius 2 is 0.641 bits per heavy atom. The minimum atomic E-state index is -0.805. The molecular formula is C58H102O6. The van der Waals surface area contributed by atoms with Gasteiger partial charge in [-0.25, -0.2) is 0 Å². The summed E-state index contributed by atoms with van der Waals surface area (Å²) < 4.78 is 16.7. The summed E-state index contributed by atoms with van der Waals surface area (Å²) in [6, 6.07) is 0. The fourth-order valence-electron chi connectivity index (χ4n) is 7.60. The molecule has 0 fully saturated rings. The smallest absolute Gasteiger partial charge is 0.306 e. The van der Waals surface area contributed by atoms with E-state index in [0.717, 1.165) is 70.6 Å². The zero-order valence-corrected chi connectivity index (χ0v) is 42.3. The van der Waals surface area contributed by atoms with Crippen LogP contribution in [0.2, 0.25) is 0 Å². The molecule has 0 aromatic heterocycles. The van der Waals surface area contributed by atoms with Crippen LogP contribution in [-0.4, -0.2) is 37.2 Å². The van der Waals surface area contributed by atoms with Crippen LogP contribution in [0, 0.1) is 0 Å². The number of allylic oxidation sites excluding steroid dienone is 10. The van der Waals surface area contributed by atoms with Crippen LogP contribution in [-0.2, 0) is 28.6 Å². The first-order valence-corrected chi connectivity index (χ1v) is 27.3. The average Bonchev–Trinajstić information content (AvgIpc) is 3.29. The molecule has 0 saturated carbocycles. The number of carbonyl (C=O) groups is 3. The van der Waals surface area contributed by atoms with E-state index >= 15 is 0 Å². The van der Waals surface area contributed by atoms with Gasteiger partial charge in [-0.3, -0.25) is 14.4 Å². The molecule has 0 aliphatic heterocycles. The normalized spacial score (nSPS) is 12.5. The Kier molecular flexibility index (Phi) is 50.4. The van der Waals surface area contributed by atoms with E-state index < -0.39 is 6.10 Å². The van der Waals surface area contributed by atoms with Gasteiger partial charge in [0.25, 0.3) is 0 Å². The van der Waals surface area contributed by atoms with E-state index in [0.29, 0.717) is 19.3 Å². The monoisotopic (exact) mass is 895 g/mol. The minimum Gasteiger partial charge on any atom is -0.462 e. The molecule has 0 saturated heterocycles. The first kappa shape index (κ1) is 61.1. The van der Waals surface area contributed by atoms with Gasteiger partial charge in [-0.05, 0) is 89.9 Å². The lowest BCUT2D eigenvalue weighted by atomic mass is 10.1. The van der Waals surface area contributed by atoms with E-state index in [1.54, 1.807) is 0 Å². The number of unbranched alkanes of at least 4 members (excludes halogenated alkanes) is 29. The van der Waals surface area contributed by atoms with Gasteiger partial charge < -0.3 is 14.2 Å². The molecule has 0 aliphatic carbocycles. The fraction of sp³-hybridized carbons (Fsp3) is 0.776. The highest BCUT2D eigenvalue weighted by Gasteiger charge is 2.19. The van der Waals surface area contributed by atoms with Crippen molar-refractivity contribution in [1.29, 1.82) is 0 Å². The number of rotatable bonds is 49. The van der Waals surface area contributed by atoms with Gasteiger partial charge in [0.1, 0.15) is 13.2 Å². The van der Waals surface area contributed by atoms with Gasteiger partial charge in [0.15, 0.2) is 6.10 Å². The van der Waals surface area contributed by atoms with Crippen molar-refractivity contribution in [2.75, 3.05) is 13.2 Å². The zero-order chi connectivity index (χ0) is 46.5. The molecule has 370 valence electrons. The Hall–Kier alpha value is -2.89. The quantitative estimate of drug-likeness (QED) is 0.0199. The molecule has 0 rings (SSSR count). The minimum absolute atomic E-state index is 0.0999. The molecule has 0 N–H and O–H groups in total. The summed E-state index contributed by atoms with van der Waals surface area (Å²) in [5.41, 5.74) is 0. The van der Waals surface area contributed by atoms with Crippen LogP contribution < -0.4 is 0 Å². The van der Waals surface area contributed by atoms with Gasteiger partial charge >= 0.3 is 17.9 Å². The Morgan fingerprint density at radius 1 is 0.328 bits per heavy atom. The summed E-state index contributed by atoms with van der Waals surface area (Å²) in [6.45, 7) is 6.55. The molecular weight excluding hydrogens is 793 g/mol. The molecule has 0 aromatic rings. The van der Waals surface area contributed by atoms with Gasteiger partial charge in [-0.15, -0.1) is 0 Å². The van der Waals surface area contributed by atoms with Crippen molar-refractivity contribution in [2.45, 2.75) is 277 Å². The maximum absolute atomic E-state index is 12.8. The molecule has 0 aliphatic rings. The van der Waals surface area contributed by atoms with E-state index in [9.17, 15) is 14.4 Å². The lowest BCUT2D eigenvalue weighted by molar-refractivity contribution is -0.166. The molecule has 0 heterocycles. The summed E-state index contributed by atoms with van der Waals surface area (Å²) in [4.78, 5) is 38.0. The van der Waals surface area contributed by atoms with Crippen molar-refractivity contribution in [3.63, 3.8) is 0 Å². The highest BCUT2D eigenvalue weighted by molar-refractivity contribution is 5.71. The predicted octanol–water partition coefficient (Wildman–Crippen LogP) is 18.0. The van der Waals surface area contributed by atoms with Crippen molar-refractivity contribution in [3.8, 4) is 0 Å². The third-order valence-corrected chi connectivity index (χ3v) is 11.8. The molecule has 6 nitrogen and oxygen atoms in total. The summed E-state index contributed by atoms with van der Waals surface area (Å²) in [5, 5.41) is 0. The van der Waals surface area contributed by atoms with Crippen LogP contribution in [0.3, 0.4) is 0 Å². The van der Waals surface area contributed by atoms with Gasteiger partial charge in [-0.1, -0.05) is 223 Å². The first-order chi connectivity index (χ1) is 31.5. The van der Waals surface area contributed by atoms with Crippen molar-refractivity contribution >= 4 is 17.9 Å². The molecule has 0 aromatic carbocycles. The van der Waals surface area contributed by atoms with Crippen molar-refractivity contribution in [3.05, 3.63) is 60.8 Å². The Labute approximate surface area is 396 Å². The van der Waals surface area contributed by atoms with E-state index in [-0.39, 0.29) is 37.5 Å². The van der Waals surface area contributed by atoms with Crippen LogP contribution >= 0.6 is 0 Å².